The van der Waals surface area contributed by atoms with Gasteiger partial charge in [-0.25, -0.2) is 0 Å². The second kappa shape index (κ2) is 6.27. The largest absolute Gasteiger partial charge is 0.495 e. The molecule has 1 aromatic carbocycles. The van der Waals surface area contributed by atoms with Crippen molar-refractivity contribution in [1.82, 2.24) is 10.3 Å². The van der Waals surface area contributed by atoms with Crippen LogP contribution in [0.3, 0.4) is 0 Å². The third-order valence-electron chi connectivity index (χ3n) is 4.46. The molecule has 3 heteroatoms. The molecule has 2 aromatic rings. The number of aryl methyl sites for hydroxylation is 1. The minimum Gasteiger partial charge on any atom is -0.495 e. The third kappa shape index (κ3) is 2.79. The Bertz CT molecular complexity index is 612. The average molecular weight is 282 g/mol. The van der Waals surface area contributed by atoms with Crippen molar-refractivity contribution in [2.24, 2.45) is 0 Å². The van der Waals surface area contributed by atoms with Crippen LogP contribution in [0.2, 0.25) is 0 Å². The van der Waals surface area contributed by atoms with Crippen molar-refractivity contribution in [3.63, 3.8) is 0 Å². The molecule has 0 bridgehead atoms. The monoisotopic (exact) mass is 282 g/mol. The van der Waals surface area contributed by atoms with Gasteiger partial charge >= 0.3 is 0 Å². The molecule has 1 aromatic heterocycles. The summed E-state index contributed by atoms with van der Waals surface area (Å²) >= 11 is 0. The van der Waals surface area contributed by atoms with Crippen LogP contribution in [0, 0.1) is 0 Å². The van der Waals surface area contributed by atoms with Gasteiger partial charge < -0.3 is 10.1 Å². The summed E-state index contributed by atoms with van der Waals surface area (Å²) in [4.78, 5) is 4.31. The number of pyridine rings is 1. The van der Waals surface area contributed by atoms with Gasteiger partial charge in [0.05, 0.1) is 13.3 Å². The minimum absolute atomic E-state index is 0.272. The number of aromatic nitrogens is 1. The molecule has 0 radical (unpaired) electrons. The molecule has 3 nitrogen and oxygen atoms in total. The van der Waals surface area contributed by atoms with E-state index in [-0.39, 0.29) is 6.04 Å². The number of nitrogens with zero attached hydrogens (tertiary/aromatic N) is 1. The number of methoxy groups -OCH3 is 1. The van der Waals surface area contributed by atoms with Crippen LogP contribution < -0.4 is 10.1 Å². The lowest BCUT2D eigenvalue weighted by Crippen LogP contribution is -2.26. The van der Waals surface area contributed by atoms with Crippen LogP contribution in [-0.2, 0) is 6.42 Å². The molecule has 1 aliphatic rings. The van der Waals surface area contributed by atoms with Crippen molar-refractivity contribution in [2.45, 2.75) is 31.2 Å². The number of hydrogen-bond acceptors (Lipinski definition) is 3. The van der Waals surface area contributed by atoms with E-state index in [1.54, 1.807) is 13.3 Å². The van der Waals surface area contributed by atoms with Gasteiger partial charge in [-0.1, -0.05) is 24.3 Å². The highest BCUT2D eigenvalue weighted by molar-refractivity contribution is 5.37. The second-order valence-electron chi connectivity index (χ2n) is 5.62. The molecular formula is C18H22N2O. The molecule has 21 heavy (non-hydrogen) atoms. The van der Waals surface area contributed by atoms with Crippen LogP contribution in [0.4, 0.5) is 0 Å². The standard InChI is InChI=1S/C18H22N2O/c1-19-18(14-10-15(21-2)12-20-11-14)17-9-5-7-13-6-3-4-8-16(13)17/h3-4,6,8,10-12,17-19H,5,7,9H2,1-2H3. The Labute approximate surface area is 126 Å². The summed E-state index contributed by atoms with van der Waals surface area (Å²) in [6, 6.07) is 11.2. The number of nitrogens with one attached hydrogen (secondary N) is 1. The zero-order chi connectivity index (χ0) is 14.7. The smallest absolute Gasteiger partial charge is 0.137 e. The Balaban J connectivity index is 1.97. The van der Waals surface area contributed by atoms with E-state index in [0.717, 1.165) is 5.75 Å². The van der Waals surface area contributed by atoms with E-state index in [1.165, 1.54) is 36.0 Å². The number of hydrogen-bond donors (Lipinski definition) is 1. The van der Waals surface area contributed by atoms with Gasteiger partial charge in [-0.2, -0.15) is 0 Å². The molecule has 0 aliphatic heterocycles. The molecule has 110 valence electrons. The molecule has 1 heterocycles. The summed E-state index contributed by atoms with van der Waals surface area (Å²) in [7, 11) is 3.71. The van der Waals surface area contributed by atoms with E-state index in [2.05, 4.69) is 40.6 Å². The topological polar surface area (TPSA) is 34.2 Å². The lowest BCUT2D eigenvalue weighted by atomic mass is 9.77. The number of benzene rings is 1. The van der Waals surface area contributed by atoms with E-state index < -0.39 is 0 Å². The van der Waals surface area contributed by atoms with Crippen LogP contribution >= 0.6 is 0 Å². The van der Waals surface area contributed by atoms with E-state index in [1.807, 2.05) is 13.2 Å². The second-order valence-corrected chi connectivity index (χ2v) is 5.62. The first-order valence-electron chi connectivity index (χ1n) is 7.57. The van der Waals surface area contributed by atoms with Crippen LogP contribution in [0.5, 0.6) is 5.75 Å². The Hall–Kier alpha value is -1.87. The van der Waals surface area contributed by atoms with Crippen molar-refractivity contribution in [3.8, 4) is 5.75 Å². The van der Waals surface area contributed by atoms with Gasteiger partial charge in [0, 0.05) is 18.2 Å². The summed E-state index contributed by atoms with van der Waals surface area (Å²) in [6.07, 6.45) is 7.35. The summed E-state index contributed by atoms with van der Waals surface area (Å²) in [5.74, 6) is 1.31. The van der Waals surface area contributed by atoms with E-state index >= 15 is 0 Å². The summed E-state index contributed by atoms with van der Waals surface area (Å²) in [5, 5.41) is 3.48. The molecule has 0 spiro atoms. The average Bonchev–Trinajstić information content (AvgIpc) is 2.56. The molecule has 0 amide bonds. The maximum atomic E-state index is 5.32. The number of ether oxygens (including phenoxy) is 1. The van der Waals surface area contributed by atoms with Crippen LogP contribution in [-0.4, -0.2) is 19.1 Å². The summed E-state index contributed by atoms with van der Waals surface area (Å²) in [5.41, 5.74) is 4.16. The molecule has 0 saturated carbocycles. The van der Waals surface area contributed by atoms with Crippen molar-refractivity contribution in [1.29, 1.82) is 0 Å². The summed E-state index contributed by atoms with van der Waals surface area (Å²) in [6.45, 7) is 0. The van der Waals surface area contributed by atoms with E-state index in [0.29, 0.717) is 5.92 Å². The van der Waals surface area contributed by atoms with Gasteiger partial charge in [0.25, 0.3) is 0 Å². The van der Waals surface area contributed by atoms with E-state index in [9.17, 15) is 0 Å². The predicted octanol–water partition coefficient (Wildman–Crippen LogP) is 3.47. The number of rotatable bonds is 4. The number of fused-ring (bicyclic) bond motifs is 1. The molecular weight excluding hydrogens is 260 g/mol. The quantitative estimate of drug-likeness (QED) is 0.932. The highest BCUT2D eigenvalue weighted by Gasteiger charge is 2.28. The highest BCUT2D eigenvalue weighted by Crippen LogP contribution is 2.40. The number of likely N-dealkylation sites (N-methyl/N-ethyl adjacent to an activating group) is 1. The SMILES string of the molecule is CNC(c1cncc(OC)c1)C1CCCc2ccccc21. The first kappa shape index (κ1) is 14.1. The van der Waals surface area contributed by atoms with Gasteiger partial charge in [-0.15, -0.1) is 0 Å². The van der Waals surface area contributed by atoms with Crippen molar-refractivity contribution in [2.75, 3.05) is 14.2 Å². The first-order chi connectivity index (χ1) is 10.3. The predicted molar refractivity (Wildman–Crippen MR) is 84.7 cm³/mol. The fourth-order valence-electron chi connectivity index (χ4n) is 3.46. The molecule has 0 saturated heterocycles. The van der Waals surface area contributed by atoms with Crippen LogP contribution in [0.1, 0.15) is 41.5 Å². The van der Waals surface area contributed by atoms with Crippen molar-refractivity contribution < 1.29 is 4.74 Å². The zero-order valence-corrected chi connectivity index (χ0v) is 12.7. The van der Waals surface area contributed by atoms with Crippen LogP contribution in [0.15, 0.2) is 42.7 Å². The normalized spacial score (nSPS) is 18.9. The molecule has 3 rings (SSSR count). The van der Waals surface area contributed by atoms with Crippen molar-refractivity contribution >= 4 is 0 Å². The van der Waals surface area contributed by atoms with Gasteiger partial charge in [-0.05, 0) is 49.1 Å². The lowest BCUT2D eigenvalue weighted by Gasteiger charge is -2.32. The zero-order valence-electron chi connectivity index (χ0n) is 12.7. The Kier molecular flexibility index (Phi) is 4.20. The molecule has 2 atom stereocenters. The molecule has 1 aliphatic carbocycles. The fraction of sp³-hybridized carbons (Fsp3) is 0.389. The Morgan fingerprint density at radius 1 is 1.29 bits per heavy atom. The summed E-state index contributed by atoms with van der Waals surface area (Å²) < 4.78 is 5.32. The van der Waals surface area contributed by atoms with Crippen molar-refractivity contribution in [3.05, 3.63) is 59.4 Å². The van der Waals surface area contributed by atoms with Gasteiger partial charge in [0.15, 0.2) is 0 Å². The Morgan fingerprint density at radius 3 is 2.95 bits per heavy atom. The fourth-order valence-corrected chi connectivity index (χ4v) is 3.46. The Morgan fingerprint density at radius 2 is 2.14 bits per heavy atom. The van der Waals surface area contributed by atoms with Crippen LogP contribution in [0.25, 0.3) is 0 Å². The van der Waals surface area contributed by atoms with Gasteiger partial charge in [0.2, 0.25) is 0 Å². The van der Waals surface area contributed by atoms with Gasteiger partial charge in [-0.3, -0.25) is 4.98 Å². The highest BCUT2D eigenvalue weighted by atomic mass is 16.5. The molecule has 0 fully saturated rings. The molecule has 1 N–H and O–H groups in total. The molecule has 2 unspecified atom stereocenters. The minimum atomic E-state index is 0.272. The third-order valence-corrected chi connectivity index (χ3v) is 4.46. The maximum absolute atomic E-state index is 5.32. The maximum Gasteiger partial charge on any atom is 0.137 e. The lowest BCUT2D eigenvalue weighted by molar-refractivity contribution is 0.403. The first-order valence-corrected chi connectivity index (χ1v) is 7.57. The van der Waals surface area contributed by atoms with E-state index in [4.69, 9.17) is 4.74 Å². The van der Waals surface area contributed by atoms with Gasteiger partial charge in [0.1, 0.15) is 5.75 Å².